The third kappa shape index (κ3) is 5.04. The van der Waals surface area contributed by atoms with Crippen LogP contribution in [0.2, 0.25) is 10.0 Å². The summed E-state index contributed by atoms with van der Waals surface area (Å²) >= 11 is 13.3. The lowest BCUT2D eigenvalue weighted by Gasteiger charge is -2.06. The molecule has 0 unspecified atom stereocenters. The summed E-state index contributed by atoms with van der Waals surface area (Å²) in [5.74, 6) is -0.218. The van der Waals surface area contributed by atoms with E-state index in [9.17, 15) is 4.79 Å². The molecule has 2 heterocycles. The fourth-order valence-corrected chi connectivity index (χ4v) is 3.51. The van der Waals surface area contributed by atoms with Crippen molar-refractivity contribution < 1.29 is 9.90 Å². The first-order chi connectivity index (χ1) is 13.0. The highest BCUT2D eigenvalue weighted by Crippen LogP contribution is 2.23. The Hall–Kier alpha value is -2.00. The fourth-order valence-electron chi connectivity index (χ4n) is 2.43. The van der Waals surface area contributed by atoms with Crippen LogP contribution in [-0.2, 0) is 24.2 Å². The maximum atomic E-state index is 12.2. The topological polar surface area (TPSA) is 92.9 Å². The number of aliphatic hydroxyl groups excluding tert-OH is 1. The third-order valence-corrected chi connectivity index (χ3v) is 5.43. The van der Waals surface area contributed by atoms with Crippen molar-refractivity contribution in [3.05, 3.63) is 56.3 Å². The number of carbonyl (C=O) groups is 1. The highest BCUT2D eigenvalue weighted by Gasteiger charge is 2.14. The summed E-state index contributed by atoms with van der Waals surface area (Å²) in [5, 5.41) is 23.2. The van der Waals surface area contributed by atoms with Crippen molar-refractivity contribution in [1.82, 2.24) is 20.0 Å². The van der Waals surface area contributed by atoms with Crippen molar-refractivity contribution in [3.63, 3.8) is 0 Å². The molecule has 0 aliphatic heterocycles. The van der Waals surface area contributed by atoms with Gasteiger partial charge in [0, 0.05) is 18.4 Å². The molecule has 3 rings (SSSR count). The number of amides is 1. The lowest BCUT2D eigenvalue weighted by atomic mass is 10.2. The summed E-state index contributed by atoms with van der Waals surface area (Å²) in [5.41, 5.74) is 3.09. The Labute approximate surface area is 170 Å². The number of hydrogen-bond acceptors (Lipinski definition) is 6. The molecule has 0 aliphatic carbocycles. The van der Waals surface area contributed by atoms with Crippen molar-refractivity contribution >= 4 is 45.6 Å². The zero-order valence-electron chi connectivity index (χ0n) is 14.4. The first-order valence-corrected chi connectivity index (χ1v) is 9.78. The number of nitrogens with one attached hydrogen (secondary N) is 1. The van der Waals surface area contributed by atoms with Crippen LogP contribution in [0.15, 0.2) is 23.6 Å². The molecule has 0 aliphatic rings. The summed E-state index contributed by atoms with van der Waals surface area (Å²) in [4.78, 5) is 16.5. The molecule has 1 amide bonds. The second-order valence-electron chi connectivity index (χ2n) is 5.87. The summed E-state index contributed by atoms with van der Waals surface area (Å²) in [6, 6.07) is 5.39. The minimum absolute atomic E-state index is 0.0260. The first-order valence-electron chi connectivity index (χ1n) is 8.14. The normalized spacial score (nSPS) is 11.0. The molecule has 0 spiro atoms. The minimum Gasteiger partial charge on any atom is -0.396 e. The smallest absolute Gasteiger partial charge is 0.232 e. The van der Waals surface area contributed by atoms with Gasteiger partial charge in [0.05, 0.1) is 40.1 Å². The first kappa shape index (κ1) is 19.8. The summed E-state index contributed by atoms with van der Waals surface area (Å²) in [7, 11) is 0. The number of anilines is 1. The Morgan fingerprint density at radius 2 is 2.15 bits per heavy atom. The van der Waals surface area contributed by atoms with Crippen LogP contribution in [0.1, 0.15) is 22.6 Å². The number of carbonyl (C=O) groups excluding carboxylic acids is 1. The van der Waals surface area contributed by atoms with E-state index in [1.165, 1.54) is 11.3 Å². The lowest BCUT2D eigenvalue weighted by Crippen LogP contribution is -2.15. The number of halogens is 2. The van der Waals surface area contributed by atoms with Crippen molar-refractivity contribution in [2.24, 2.45) is 0 Å². The van der Waals surface area contributed by atoms with Gasteiger partial charge in [-0.15, -0.1) is 16.4 Å². The highest BCUT2D eigenvalue weighted by atomic mass is 35.5. The van der Waals surface area contributed by atoms with Gasteiger partial charge in [0.25, 0.3) is 0 Å². The van der Waals surface area contributed by atoms with Gasteiger partial charge in [-0.25, -0.2) is 9.67 Å². The molecule has 2 N–H and O–H groups in total. The van der Waals surface area contributed by atoms with Gasteiger partial charge in [0.15, 0.2) is 5.13 Å². The summed E-state index contributed by atoms with van der Waals surface area (Å²) < 4.78 is 1.71. The van der Waals surface area contributed by atoms with Gasteiger partial charge in [-0.3, -0.25) is 4.79 Å². The molecular formula is C17H17Cl2N5O2S. The number of rotatable bonds is 7. The number of hydrogen-bond donors (Lipinski definition) is 2. The van der Waals surface area contributed by atoms with Gasteiger partial charge < -0.3 is 10.4 Å². The molecule has 0 radical (unpaired) electrons. The Morgan fingerprint density at radius 3 is 2.89 bits per heavy atom. The number of thiazole rings is 1. The molecule has 0 fully saturated rings. The molecule has 7 nitrogen and oxygen atoms in total. The van der Waals surface area contributed by atoms with E-state index in [1.807, 2.05) is 18.4 Å². The number of benzene rings is 1. The van der Waals surface area contributed by atoms with Crippen LogP contribution >= 0.6 is 34.5 Å². The molecule has 1 aromatic carbocycles. The summed E-state index contributed by atoms with van der Waals surface area (Å²) in [6.45, 7) is 2.37. The van der Waals surface area contributed by atoms with E-state index in [0.717, 1.165) is 17.0 Å². The predicted octanol–water partition coefficient (Wildman–Crippen LogP) is 3.11. The molecule has 0 bridgehead atoms. The fraction of sp³-hybridized carbons (Fsp3) is 0.294. The monoisotopic (exact) mass is 425 g/mol. The molecule has 27 heavy (non-hydrogen) atoms. The van der Waals surface area contributed by atoms with Crippen LogP contribution in [0, 0.1) is 6.92 Å². The Balaban J connectivity index is 1.63. The number of nitrogens with zero attached hydrogens (tertiary/aromatic N) is 4. The Morgan fingerprint density at radius 1 is 1.33 bits per heavy atom. The zero-order chi connectivity index (χ0) is 19.4. The average molecular weight is 426 g/mol. The highest BCUT2D eigenvalue weighted by molar-refractivity contribution is 7.13. The largest absolute Gasteiger partial charge is 0.396 e. The van der Waals surface area contributed by atoms with Crippen LogP contribution in [0.5, 0.6) is 0 Å². The average Bonchev–Trinajstić information content (AvgIpc) is 3.20. The van der Waals surface area contributed by atoms with E-state index in [2.05, 4.69) is 20.6 Å². The van der Waals surface area contributed by atoms with Gasteiger partial charge >= 0.3 is 0 Å². The quantitative estimate of drug-likeness (QED) is 0.606. The predicted molar refractivity (Wildman–Crippen MR) is 106 cm³/mol. The molecule has 0 saturated heterocycles. The van der Waals surface area contributed by atoms with Gasteiger partial charge in [0.2, 0.25) is 5.91 Å². The third-order valence-electron chi connectivity index (χ3n) is 3.89. The van der Waals surface area contributed by atoms with Gasteiger partial charge in [-0.05, 0) is 24.6 Å². The summed E-state index contributed by atoms with van der Waals surface area (Å²) in [6.07, 6.45) is 0.566. The van der Waals surface area contributed by atoms with E-state index >= 15 is 0 Å². The Kier molecular flexibility index (Phi) is 6.43. The maximum Gasteiger partial charge on any atom is 0.232 e. The molecular weight excluding hydrogens is 409 g/mol. The van der Waals surface area contributed by atoms with E-state index in [4.69, 9.17) is 28.3 Å². The van der Waals surface area contributed by atoms with Gasteiger partial charge in [-0.2, -0.15) is 0 Å². The minimum atomic E-state index is -0.218. The Bertz CT molecular complexity index is 957. The van der Waals surface area contributed by atoms with Crippen molar-refractivity contribution in [1.29, 1.82) is 0 Å². The number of aliphatic hydroxyl groups is 1. The molecule has 2 aromatic heterocycles. The van der Waals surface area contributed by atoms with Crippen molar-refractivity contribution in [3.8, 4) is 0 Å². The van der Waals surface area contributed by atoms with Crippen LogP contribution in [0.3, 0.4) is 0 Å². The van der Waals surface area contributed by atoms with Crippen LogP contribution in [0.25, 0.3) is 0 Å². The van der Waals surface area contributed by atoms with Crippen LogP contribution < -0.4 is 5.32 Å². The van der Waals surface area contributed by atoms with Crippen molar-refractivity contribution in [2.45, 2.75) is 26.3 Å². The second-order valence-corrected chi connectivity index (χ2v) is 7.54. The van der Waals surface area contributed by atoms with Crippen LogP contribution in [-0.4, -0.2) is 37.6 Å². The standard InChI is InChI=1S/C17H17Cl2N5O2S/c1-10-15(7-16(26)21-17-20-12(4-5-25)9-27-17)22-23-24(10)8-11-2-3-13(18)14(19)6-11/h2-3,6,9,25H,4-5,7-8H2,1H3,(H,20,21,26). The molecule has 142 valence electrons. The van der Waals surface area contributed by atoms with Crippen LogP contribution in [0.4, 0.5) is 5.13 Å². The van der Waals surface area contributed by atoms with Gasteiger partial charge in [0.1, 0.15) is 0 Å². The SMILES string of the molecule is Cc1c(CC(=O)Nc2nc(CCO)cs2)nnn1Cc1ccc(Cl)c(Cl)c1. The zero-order valence-corrected chi connectivity index (χ0v) is 16.8. The number of aromatic nitrogens is 4. The van der Waals surface area contributed by atoms with Crippen molar-refractivity contribution in [2.75, 3.05) is 11.9 Å². The van der Waals surface area contributed by atoms with E-state index < -0.39 is 0 Å². The van der Waals surface area contributed by atoms with E-state index in [0.29, 0.717) is 33.8 Å². The van der Waals surface area contributed by atoms with E-state index in [-0.39, 0.29) is 18.9 Å². The second kappa shape index (κ2) is 8.79. The molecule has 0 saturated carbocycles. The maximum absolute atomic E-state index is 12.2. The molecule has 0 atom stereocenters. The van der Waals surface area contributed by atoms with Gasteiger partial charge in [-0.1, -0.05) is 34.5 Å². The lowest BCUT2D eigenvalue weighted by molar-refractivity contribution is -0.115. The van der Waals surface area contributed by atoms with E-state index in [1.54, 1.807) is 16.8 Å². The molecule has 3 aromatic rings. The molecule has 10 heteroatoms.